The smallest absolute Gasteiger partial charge is 0.213 e. The van der Waals surface area contributed by atoms with Crippen molar-refractivity contribution >= 4 is 0 Å². The maximum Gasteiger partial charge on any atom is 0.213 e. The fourth-order valence-electron chi connectivity index (χ4n) is 1.36. The zero-order valence-corrected chi connectivity index (χ0v) is 9.50. The molecule has 0 saturated heterocycles. The predicted octanol–water partition coefficient (Wildman–Crippen LogP) is 2.48. The van der Waals surface area contributed by atoms with Gasteiger partial charge in [0.2, 0.25) is 5.88 Å². The van der Waals surface area contributed by atoms with E-state index in [1.54, 1.807) is 18.3 Å². The summed E-state index contributed by atoms with van der Waals surface area (Å²) in [7, 11) is 0. The molecule has 0 N–H and O–H groups in total. The second-order valence-electron chi connectivity index (χ2n) is 3.48. The lowest BCUT2D eigenvalue weighted by atomic mass is 10.2. The standard InChI is InChI=1S/C14H14NO2/c1-2-6-13(7-3-1)12-16-10-11-17-14-8-4-5-9-15-14/h1-4,6-9H,10-12H2. The molecular formula is C14H14NO2. The molecule has 1 radical (unpaired) electrons. The number of benzene rings is 1. The minimum absolute atomic E-state index is 0.504. The molecule has 0 spiro atoms. The Morgan fingerprint density at radius 3 is 2.71 bits per heavy atom. The second-order valence-corrected chi connectivity index (χ2v) is 3.48. The van der Waals surface area contributed by atoms with Crippen molar-refractivity contribution in [2.24, 2.45) is 0 Å². The number of hydrogen-bond donors (Lipinski definition) is 0. The maximum atomic E-state index is 5.48. The van der Waals surface area contributed by atoms with Crippen LogP contribution in [0, 0.1) is 6.07 Å². The lowest BCUT2D eigenvalue weighted by molar-refractivity contribution is 0.0875. The van der Waals surface area contributed by atoms with Crippen molar-refractivity contribution in [2.45, 2.75) is 6.61 Å². The van der Waals surface area contributed by atoms with Crippen molar-refractivity contribution < 1.29 is 9.47 Å². The highest BCUT2D eigenvalue weighted by molar-refractivity contribution is 5.13. The van der Waals surface area contributed by atoms with E-state index in [1.807, 2.05) is 30.3 Å². The first kappa shape index (κ1) is 11.6. The molecule has 0 bridgehead atoms. The highest BCUT2D eigenvalue weighted by Crippen LogP contribution is 2.03. The van der Waals surface area contributed by atoms with Gasteiger partial charge in [-0.3, -0.25) is 0 Å². The number of nitrogens with zero attached hydrogens (tertiary/aromatic N) is 1. The van der Waals surface area contributed by atoms with E-state index in [2.05, 4.69) is 11.1 Å². The van der Waals surface area contributed by atoms with E-state index in [4.69, 9.17) is 9.47 Å². The molecule has 0 aliphatic heterocycles. The molecule has 0 saturated carbocycles. The van der Waals surface area contributed by atoms with E-state index in [0.717, 1.165) is 0 Å². The van der Waals surface area contributed by atoms with E-state index >= 15 is 0 Å². The van der Waals surface area contributed by atoms with E-state index in [9.17, 15) is 0 Å². The summed E-state index contributed by atoms with van der Waals surface area (Å²) in [6.07, 6.45) is 1.58. The van der Waals surface area contributed by atoms with Gasteiger partial charge in [0.05, 0.1) is 13.2 Å². The Bertz CT molecular complexity index is 375. The quantitative estimate of drug-likeness (QED) is 0.712. The van der Waals surface area contributed by atoms with Crippen LogP contribution in [0.15, 0.2) is 48.7 Å². The first-order chi connectivity index (χ1) is 8.45. The van der Waals surface area contributed by atoms with Crippen LogP contribution in [0.1, 0.15) is 5.56 Å². The highest BCUT2D eigenvalue weighted by Gasteiger charge is 1.94. The molecule has 17 heavy (non-hydrogen) atoms. The molecule has 0 aliphatic rings. The largest absolute Gasteiger partial charge is 0.475 e. The number of ether oxygens (including phenoxy) is 2. The van der Waals surface area contributed by atoms with Crippen molar-refractivity contribution in [2.75, 3.05) is 13.2 Å². The number of pyridine rings is 1. The van der Waals surface area contributed by atoms with Gasteiger partial charge in [0.15, 0.2) is 0 Å². The third-order valence-corrected chi connectivity index (χ3v) is 2.18. The summed E-state index contributed by atoms with van der Waals surface area (Å²) in [4.78, 5) is 4.00. The molecule has 87 valence electrons. The summed E-state index contributed by atoms with van der Waals surface area (Å²) in [5, 5.41) is 0. The van der Waals surface area contributed by atoms with Crippen LogP contribution in [0.4, 0.5) is 0 Å². The van der Waals surface area contributed by atoms with Crippen molar-refractivity contribution in [3.63, 3.8) is 0 Å². The topological polar surface area (TPSA) is 31.4 Å². The lowest BCUT2D eigenvalue weighted by Crippen LogP contribution is -2.07. The molecule has 0 fully saturated rings. The molecule has 2 rings (SSSR count). The Morgan fingerprint density at radius 2 is 1.94 bits per heavy atom. The molecule has 3 nitrogen and oxygen atoms in total. The molecule has 0 atom stereocenters. The normalized spacial score (nSPS) is 10.1. The maximum absolute atomic E-state index is 5.48. The van der Waals surface area contributed by atoms with Gasteiger partial charge in [-0.25, -0.2) is 4.98 Å². The molecular weight excluding hydrogens is 214 g/mol. The van der Waals surface area contributed by atoms with Crippen LogP contribution in [-0.2, 0) is 11.3 Å². The van der Waals surface area contributed by atoms with Crippen molar-refractivity contribution in [3.05, 3.63) is 60.3 Å². The van der Waals surface area contributed by atoms with Gasteiger partial charge in [-0.15, -0.1) is 0 Å². The average Bonchev–Trinajstić information content (AvgIpc) is 2.41. The Balaban J connectivity index is 1.61. The fraction of sp³-hybridized carbons (Fsp3) is 0.214. The van der Waals surface area contributed by atoms with E-state index in [0.29, 0.717) is 25.7 Å². The van der Waals surface area contributed by atoms with Crippen molar-refractivity contribution in [3.8, 4) is 5.88 Å². The van der Waals surface area contributed by atoms with Crippen molar-refractivity contribution in [1.82, 2.24) is 4.98 Å². The summed E-state index contributed by atoms with van der Waals surface area (Å²) in [5.74, 6) is 0.604. The van der Waals surface area contributed by atoms with Gasteiger partial charge in [-0.2, -0.15) is 0 Å². The summed E-state index contributed by atoms with van der Waals surface area (Å²) < 4.78 is 10.9. The molecule has 1 heterocycles. The Morgan fingerprint density at radius 1 is 1.06 bits per heavy atom. The molecule has 3 heteroatoms. The van der Waals surface area contributed by atoms with Crippen LogP contribution in [0.2, 0.25) is 0 Å². The minimum Gasteiger partial charge on any atom is -0.475 e. The van der Waals surface area contributed by atoms with E-state index in [1.165, 1.54) is 5.56 Å². The monoisotopic (exact) mass is 228 g/mol. The van der Waals surface area contributed by atoms with Gasteiger partial charge < -0.3 is 9.47 Å². The lowest BCUT2D eigenvalue weighted by Gasteiger charge is -2.06. The predicted molar refractivity (Wildman–Crippen MR) is 64.7 cm³/mol. The first-order valence-electron chi connectivity index (χ1n) is 5.52. The van der Waals surface area contributed by atoms with Crippen LogP contribution < -0.4 is 4.74 Å². The Hall–Kier alpha value is -1.87. The molecule has 1 aromatic carbocycles. The summed E-state index contributed by atoms with van der Waals surface area (Å²) in [6.45, 7) is 1.67. The Labute approximate surface area is 101 Å². The third-order valence-electron chi connectivity index (χ3n) is 2.18. The molecule has 2 aromatic rings. The fourth-order valence-corrected chi connectivity index (χ4v) is 1.36. The number of rotatable bonds is 6. The minimum atomic E-state index is 0.504. The van der Waals surface area contributed by atoms with E-state index < -0.39 is 0 Å². The van der Waals surface area contributed by atoms with Crippen molar-refractivity contribution in [1.29, 1.82) is 0 Å². The highest BCUT2D eigenvalue weighted by atomic mass is 16.5. The number of aromatic nitrogens is 1. The van der Waals surface area contributed by atoms with Gasteiger partial charge in [-0.05, 0) is 11.6 Å². The van der Waals surface area contributed by atoms with Crippen LogP contribution in [0.25, 0.3) is 0 Å². The number of hydrogen-bond acceptors (Lipinski definition) is 3. The third kappa shape index (κ3) is 4.25. The molecule has 0 amide bonds. The molecule has 0 aliphatic carbocycles. The van der Waals surface area contributed by atoms with Crippen LogP contribution >= 0.6 is 0 Å². The van der Waals surface area contributed by atoms with Gasteiger partial charge in [-0.1, -0.05) is 30.3 Å². The van der Waals surface area contributed by atoms with Gasteiger partial charge in [0.1, 0.15) is 6.61 Å². The molecule has 0 unspecified atom stereocenters. The Kier molecular flexibility index (Phi) is 4.55. The molecule has 1 aromatic heterocycles. The van der Waals surface area contributed by atoms with Crippen LogP contribution in [0.5, 0.6) is 5.88 Å². The average molecular weight is 228 g/mol. The van der Waals surface area contributed by atoms with E-state index in [-0.39, 0.29) is 0 Å². The van der Waals surface area contributed by atoms with Crippen LogP contribution in [0.3, 0.4) is 0 Å². The second kappa shape index (κ2) is 6.66. The zero-order chi connectivity index (χ0) is 11.8. The SMILES string of the molecule is [c]1ccc(OCCOCc2ccccc2)nc1. The zero-order valence-electron chi connectivity index (χ0n) is 9.50. The summed E-state index contributed by atoms with van der Waals surface area (Å²) >= 11 is 0. The van der Waals surface area contributed by atoms with Gasteiger partial charge >= 0.3 is 0 Å². The first-order valence-corrected chi connectivity index (χ1v) is 5.52. The van der Waals surface area contributed by atoms with Gasteiger partial charge in [0, 0.05) is 18.3 Å². The van der Waals surface area contributed by atoms with Crippen LogP contribution in [-0.4, -0.2) is 18.2 Å². The summed E-state index contributed by atoms with van der Waals surface area (Å²) in [6, 6.07) is 16.4. The summed E-state index contributed by atoms with van der Waals surface area (Å²) in [5.41, 5.74) is 1.17. The van der Waals surface area contributed by atoms with Gasteiger partial charge in [0.25, 0.3) is 0 Å².